The average molecular weight is 246 g/mol. The summed E-state index contributed by atoms with van der Waals surface area (Å²) in [6.07, 6.45) is 1.64. The van der Waals surface area contributed by atoms with Gasteiger partial charge in [0.2, 0.25) is 5.91 Å². The Morgan fingerprint density at radius 3 is 2.89 bits per heavy atom. The maximum absolute atomic E-state index is 11.8. The van der Waals surface area contributed by atoms with Crippen LogP contribution < -0.4 is 10.2 Å². The van der Waals surface area contributed by atoms with Crippen molar-refractivity contribution in [1.29, 1.82) is 0 Å². The first-order valence-electron chi connectivity index (χ1n) is 6.27. The van der Waals surface area contributed by atoms with Gasteiger partial charge in [0, 0.05) is 24.3 Å². The number of hydrogen-bond donors (Lipinski definition) is 1. The molecule has 1 atom stereocenters. The maximum Gasteiger partial charge on any atom is 0.242 e. The van der Waals surface area contributed by atoms with Gasteiger partial charge in [-0.05, 0) is 37.1 Å². The third-order valence-corrected chi connectivity index (χ3v) is 3.43. The molecule has 0 bridgehead atoms. The number of carbonyl (C=O) groups excluding carboxylic acids is 2. The molecule has 0 radical (unpaired) electrons. The van der Waals surface area contributed by atoms with Gasteiger partial charge in [-0.1, -0.05) is 6.92 Å². The summed E-state index contributed by atoms with van der Waals surface area (Å²) in [5.41, 5.74) is 2.66. The Balaban J connectivity index is 2.32. The van der Waals surface area contributed by atoms with Crippen molar-refractivity contribution in [1.82, 2.24) is 5.32 Å². The molecule has 1 unspecified atom stereocenters. The van der Waals surface area contributed by atoms with E-state index in [-0.39, 0.29) is 11.9 Å². The lowest BCUT2D eigenvalue weighted by Gasteiger charge is -2.36. The average Bonchev–Trinajstić information content (AvgIpc) is 2.38. The fourth-order valence-electron chi connectivity index (χ4n) is 2.40. The zero-order chi connectivity index (χ0) is 13.1. The van der Waals surface area contributed by atoms with E-state index in [0.717, 1.165) is 30.5 Å². The van der Waals surface area contributed by atoms with Gasteiger partial charge in [-0.25, -0.2) is 0 Å². The van der Waals surface area contributed by atoms with Crippen LogP contribution in [0.4, 0.5) is 5.69 Å². The summed E-state index contributed by atoms with van der Waals surface area (Å²) < 4.78 is 0. The van der Waals surface area contributed by atoms with Crippen LogP contribution in [-0.4, -0.2) is 31.3 Å². The zero-order valence-electron chi connectivity index (χ0n) is 10.8. The van der Waals surface area contributed by atoms with Crippen LogP contribution in [-0.2, 0) is 4.79 Å². The molecule has 1 fully saturated rings. The molecule has 18 heavy (non-hydrogen) atoms. The highest BCUT2D eigenvalue weighted by Crippen LogP contribution is 2.23. The van der Waals surface area contributed by atoms with Crippen LogP contribution in [0, 0.1) is 6.92 Å². The van der Waals surface area contributed by atoms with Gasteiger partial charge in [0.05, 0.1) is 0 Å². The Hall–Kier alpha value is -1.84. The number of anilines is 1. The normalized spacial score (nSPS) is 19.6. The Kier molecular flexibility index (Phi) is 3.65. The van der Waals surface area contributed by atoms with Crippen molar-refractivity contribution >= 4 is 17.9 Å². The van der Waals surface area contributed by atoms with E-state index in [1.807, 2.05) is 32.0 Å². The van der Waals surface area contributed by atoms with Crippen LogP contribution in [0.1, 0.15) is 29.3 Å². The summed E-state index contributed by atoms with van der Waals surface area (Å²) >= 11 is 0. The van der Waals surface area contributed by atoms with Gasteiger partial charge in [-0.15, -0.1) is 0 Å². The largest absolute Gasteiger partial charge is 0.358 e. The minimum absolute atomic E-state index is 0.0841. The molecular formula is C14H18N2O2. The summed E-state index contributed by atoms with van der Waals surface area (Å²) in [6, 6.07) is 5.60. The van der Waals surface area contributed by atoms with Gasteiger partial charge in [-0.3, -0.25) is 9.59 Å². The van der Waals surface area contributed by atoms with E-state index in [1.165, 1.54) is 0 Å². The van der Waals surface area contributed by atoms with E-state index in [9.17, 15) is 9.59 Å². The molecule has 1 saturated heterocycles. The van der Waals surface area contributed by atoms with Gasteiger partial charge in [0.15, 0.2) is 0 Å². The molecule has 0 spiro atoms. The molecule has 4 heteroatoms. The van der Waals surface area contributed by atoms with Crippen LogP contribution in [0.5, 0.6) is 0 Å². The number of rotatable bonds is 3. The fourth-order valence-corrected chi connectivity index (χ4v) is 2.40. The molecule has 1 aliphatic rings. The third-order valence-electron chi connectivity index (χ3n) is 3.43. The molecule has 0 saturated carbocycles. The molecule has 2 rings (SSSR count). The molecule has 0 aliphatic carbocycles. The monoisotopic (exact) mass is 246 g/mol. The second-order valence-corrected chi connectivity index (χ2v) is 4.57. The molecule has 0 aromatic heterocycles. The fraction of sp³-hybridized carbons (Fsp3) is 0.429. The first kappa shape index (κ1) is 12.6. The quantitative estimate of drug-likeness (QED) is 0.823. The van der Waals surface area contributed by atoms with Crippen molar-refractivity contribution in [3.05, 3.63) is 29.3 Å². The van der Waals surface area contributed by atoms with Crippen LogP contribution in [0.2, 0.25) is 0 Å². The predicted octanol–water partition coefficient (Wildman–Crippen LogP) is 1.52. The summed E-state index contributed by atoms with van der Waals surface area (Å²) in [5, 5.41) is 2.88. The number of amides is 1. The standard InChI is InChI=1S/C14H18N2O2/c1-3-13-14(18)15-6-7-16(13)12-5-4-11(9-17)10(2)8-12/h4-5,8-9,13H,3,6-7H2,1-2H3,(H,15,18). The first-order chi connectivity index (χ1) is 8.67. The molecule has 1 aromatic carbocycles. The number of aryl methyl sites for hydroxylation is 1. The smallest absolute Gasteiger partial charge is 0.242 e. The van der Waals surface area contributed by atoms with Gasteiger partial charge in [0.1, 0.15) is 12.3 Å². The SMILES string of the molecule is CCC1C(=O)NCCN1c1ccc(C=O)c(C)c1. The molecule has 1 N–H and O–H groups in total. The highest BCUT2D eigenvalue weighted by Gasteiger charge is 2.28. The number of aldehydes is 1. The Morgan fingerprint density at radius 2 is 2.28 bits per heavy atom. The highest BCUT2D eigenvalue weighted by atomic mass is 16.2. The van der Waals surface area contributed by atoms with E-state index < -0.39 is 0 Å². The van der Waals surface area contributed by atoms with Gasteiger partial charge in [0.25, 0.3) is 0 Å². The van der Waals surface area contributed by atoms with E-state index in [2.05, 4.69) is 10.2 Å². The van der Waals surface area contributed by atoms with Gasteiger partial charge < -0.3 is 10.2 Å². The van der Waals surface area contributed by atoms with Crippen molar-refractivity contribution < 1.29 is 9.59 Å². The topological polar surface area (TPSA) is 49.4 Å². The van der Waals surface area contributed by atoms with Crippen LogP contribution in [0.3, 0.4) is 0 Å². The van der Waals surface area contributed by atoms with Crippen LogP contribution in [0.25, 0.3) is 0 Å². The van der Waals surface area contributed by atoms with Crippen molar-refractivity contribution in [3.63, 3.8) is 0 Å². The summed E-state index contributed by atoms with van der Waals surface area (Å²) in [5.74, 6) is 0.0841. The summed E-state index contributed by atoms with van der Waals surface area (Å²) in [7, 11) is 0. The molecule has 1 heterocycles. The number of carbonyl (C=O) groups is 2. The molecule has 1 amide bonds. The van der Waals surface area contributed by atoms with Crippen molar-refractivity contribution in [2.24, 2.45) is 0 Å². The highest BCUT2D eigenvalue weighted by molar-refractivity contribution is 5.87. The Labute approximate surface area is 107 Å². The number of benzene rings is 1. The maximum atomic E-state index is 11.8. The molecular weight excluding hydrogens is 228 g/mol. The molecule has 1 aromatic rings. The van der Waals surface area contributed by atoms with E-state index >= 15 is 0 Å². The van der Waals surface area contributed by atoms with Crippen LogP contribution in [0.15, 0.2) is 18.2 Å². The minimum Gasteiger partial charge on any atom is -0.358 e. The number of hydrogen-bond acceptors (Lipinski definition) is 3. The minimum atomic E-state index is -0.111. The van der Waals surface area contributed by atoms with E-state index in [1.54, 1.807) is 0 Å². The number of nitrogens with zero attached hydrogens (tertiary/aromatic N) is 1. The predicted molar refractivity (Wildman–Crippen MR) is 71.0 cm³/mol. The van der Waals surface area contributed by atoms with E-state index in [0.29, 0.717) is 12.1 Å². The third kappa shape index (κ3) is 2.23. The molecule has 4 nitrogen and oxygen atoms in total. The number of nitrogens with one attached hydrogen (secondary N) is 1. The lowest BCUT2D eigenvalue weighted by molar-refractivity contribution is -0.123. The molecule has 96 valence electrons. The summed E-state index contributed by atoms with van der Waals surface area (Å²) in [4.78, 5) is 24.7. The van der Waals surface area contributed by atoms with Gasteiger partial charge in [-0.2, -0.15) is 0 Å². The van der Waals surface area contributed by atoms with Gasteiger partial charge >= 0.3 is 0 Å². The Bertz CT molecular complexity index is 471. The second kappa shape index (κ2) is 5.21. The zero-order valence-corrected chi connectivity index (χ0v) is 10.8. The molecule has 1 aliphatic heterocycles. The van der Waals surface area contributed by atoms with Crippen molar-refractivity contribution in [2.75, 3.05) is 18.0 Å². The van der Waals surface area contributed by atoms with Crippen LogP contribution >= 0.6 is 0 Å². The van der Waals surface area contributed by atoms with Crippen molar-refractivity contribution in [2.45, 2.75) is 26.3 Å². The first-order valence-corrected chi connectivity index (χ1v) is 6.27. The van der Waals surface area contributed by atoms with Crippen molar-refractivity contribution in [3.8, 4) is 0 Å². The Morgan fingerprint density at radius 1 is 1.50 bits per heavy atom. The second-order valence-electron chi connectivity index (χ2n) is 4.57. The lowest BCUT2D eigenvalue weighted by Crippen LogP contribution is -2.55. The van der Waals surface area contributed by atoms with E-state index in [4.69, 9.17) is 0 Å². The number of piperazine rings is 1. The lowest BCUT2D eigenvalue weighted by atomic mass is 10.0. The summed E-state index contributed by atoms with van der Waals surface area (Å²) in [6.45, 7) is 5.40.